The molecule has 0 aromatic rings. The Bertz CT molecular complexity index is 80.6. The molecule has 0 heterocycles. The number of hydrogen-bond donors (Lipinski definition) is 1. The highest BCUT2D eigenvalue weighted by molar-refractivity contribution is 4.76. The molecule has 2 atom stereocenters. The molecular formula is C8H17N. The van der Waals surface area contributed by atoms with Crippen LogP contribution >= 0.6 is 0 Å². The fraction of sp³-hybridized carbons (Fsp3) is 1.00. The van der Waals surface area contributed by atoms with Crippen LogP contribution in [0.15, 0.2) is 0 Å². The highest BCUT2D eigenvalue weighted by Crippen LogP contribution is 2.24. The van der Waals surface area contributed by atoms with Gasteiger partial charge in [-0.2, -0.15) is 0 Å². The van der Waals surface area contributed by atoms with E-state index in [0.717, 1.165) is 5.92 Å². The second-order valence-corrected chi connectivity index (χ2v) is 3.12. The first-order valence-electron chi connectivity index (χ1n) is 4.10. The Morgan fingerprint density at radius 1 is 1.33 bits per heavy atom. The van der Waals surface area contributed by atoms with Gasteiger partial charge < -0.3 is 5.73 Å². The van der Waals surface area contributed by atoms with E-state index in [0.29, 0.717) is 6.04 Å². The minimum atomic E-state index is 0.517. The Kier molecular flexibility index (Phi) is 2.52. The third-order valence-electron chi connectivity index (χ3n) is 2.49. The molecule has 0 saturated heterocycles. The zero-order valence-corrected chi connectivity index (χ0v) is 6.27. The smallest absolute Gasteiger partial charge is 0.00670 e. The summed E-state index contributed by atoms with van der Waals surface area (Å²) in [6, 6.07) is 0.517. The van der Waals surface area contributed by atoms with E-state index in [1.165, 1.54) is 32.1 Å². The van der Waals surface area contributed by atoms with Gasteiger partial charge >= 0.3 is 0 Å². The topological polar surface area (TPSA) is 26.0 Å². The van der Waals surface area contributed by atoms with Crippen molar-refractivity contribution in [3.63, 3.8) is 0 Å². The van der Waals surface area contributed by atoms with Gasteiger partial charge in [0, 0.05) is 6.04 Å². The molecule has 9 heavy (non-hydrogen) atoms. The third-order valence-corrected chi connectivity index (χ3v) is 2.49. The van der Waals surface area contributed by atoms with Crippen LogP contribution < -0.4 is 5.73 Å². The minimum absolute atomic E-state index is 0.517. The van der Waals surface area contributed by atoms with Gasteiger partial charge in [-0.05, 0) is 18.8 Å². The van der Waals surface area contributed by atoms with Crippen molar-refractivity contribution in [2.75, 3.05) is 0 Å². The molecule has 1 saturated carbocycles. The lowest BCUT2D eigenvalue weighted by Crippen LogP contribution is -2.32. The fourth-order valence-corrected chi connectivity index (χ4v) is 1.74. The maximum Gasteiger partial charge on any atom is 0.00670 e. The molecule has 0 aromatic carbocycles. The average Bonchev–Trinajstić information content (AvgIpc) is 1.89. The number of nitrogens with two attached hydrogens (primary N) is 1. The monoisotopic (exact) mass is 127 g/mol. The Hall–Kier alpha value is -0.0400. The van der Waals surface area contributed by atoms with Crippen molar-refractivity contribution in [3.05, 3.63) is 0 Å². The first-order valence-corrected chi connectivity index (χ1v) is 4.10. The summed E-state index contributed by atoms with van der Waals surface area (Å²) in [5.41, 5.74) is 5.89. The molecule has 0 radical (unpaired) electrons. The molecule has 54 valence electrons. The number of hydrogen-bond acceptors (Lipinski definition) is 1. The molecule has 0 aromatic heterocycles. The molecule has 0 spiro atoms. The van der Waals surface area contributed by atoms with Gasteiger partial charge in [0.25, 0.3) is 0 Å². The lowest BCUT2D eigenvalue weighted by molar-refractivity contribution is 0.300. The predicted octanol–water partition coefficient (Wildman–Crippen LogP) is 1.91. The highest BCUT2D eigenvalue weighted by atomic mass is 14.7. The van der Waals surface area contributed by atoms with Gasteiger partial charge in [-0.1, -0.05) is 26.2 Å². The van der Waals surface area contributed by atoms with Gasteiger partial charge in [0.05, 0.1) is 0 Å². The van der Waals surface area contributed by atoms with Crippen molar-refractivity contribution in [1.29, 1.82) is 0 Å². The summed E-state index contributed by atoms with van der Waals surface area (Å²) in [6.07, 6.45) is 6.68. The number of rotatable bonds is 1. The first kappa shape index (κ1) is 7.07. The van der Waals surface area contributed by atoms with Gasteiger partial charge in [0.1, 0.15) is 0 Å². The highest BCUT2D eigenvalue weighted by Gasteiger charge is 2.18. The van der Waals surface area contributed by atoms with Crippen LogP contribution in [-0.2, 0) is 0 Å². The summed E-state index contributed by atoms with van der Waals surface area (Å²) < 4.78 is 0. The van der Waals surface area contributed by atoms with E-state index in [1.54, 1.807) is 0 Å². The van der Waals surface area contributed by atoms with Crippen LogP contribution in [0.1, 0.15) is 39.0 Å². The van der Waals surface area contributed by atoms with Gasteiger partial charge in [-0.3, -0.25) is 0 Å². The lowest BCUT2D eigenvalue weighted by atomic mass is 9.84. The molecule has 2 N–H and O–H groups in total. The second kappa shape index (κ2) is 3.21. The zero-order valence-electron chi connectivity index (χ0n) is 6.27. The zero-order chi connectivity index (χ0) is 6.69. The lowest BCUT2D eigenvalue weighted by Gasteiger charge is -2.27. The molecule has 1 rings (SSSR count). The van der Waals surface area contributed by atoms with E-state index >= 15 is 0 Å². The summed E-state index contributed by atoms with van der Waals surface area (Å²) >= 11 is 0. The van der Waals surface area contributed by atoms with Crippen LogP contribution in [0.5, 0.6) is 0 Å². The molecule has 1 aliphatic rings. The molecule has 0 bridgehead atoms. The predicted molar refractivity (Wildman–Crippen MR) is 40.2 cm³/mol. The molecule has 1 aliphatic carbocycles. The standard InChI is InChI=1S/C8H17N/c1-2-7-5-3-4-6-8(7)9/h7-8H,2-6,9H2,1H3/t7?,8-/m0/s1. The van der Waals surface area contributed by atoms with E-state index in [-0.39, 0.29) is 0 Å². The normalized spacial score (nSPS) is 36.7. The second-order valence-electron chi connectivity index (χ2n) is 3.12. The molecular weight excluding hydrogens is 110 g/mol. The van der Waals surface area contributed by atoms with Gasteiger partial charge in [0.15, 0.2) is 0 Å². The van der Waals surface area contributed by atoms with Crippen LogP contribution in [0.4, 0.5) is 0 Å². The summed E-state index contributed by atoms with van der Waals surface area (Å²) in [5.74, 6) is 0.832. The van der Waals surface area contributed by atoms with Crippen molar-refractivity contribution in [2.24, 2.45) is 11.7 Å². The van der Waals surface area contributed by atoms with Crippen molar-refractivity contribution in [2.45, 2.75) is 45.1 Å². The van der Waals surface area contributed by atoms with Crippen LogP contribution in [0, 0.1) is 5.92 Å². The maximum atomic E-state index is 5.89. The summed E-state index contributed by atoms with van der Waals surface area (Å²) in [6.45, 7) is 2.25. The Morgan fingerprint density at radius 3 is 2.44 bits per heavy atom. The summed E-state index contributed by atoms with van der Waals surface area (Å²) in [7, 11) is 0. The quantitative estimate of drug-likeness (QED) is 0.572. The van der Waals surface area contributed by atoms with Gasteiger partial charge in [-0.25, -0.2) is 0 Å². The molecule has 1 unspecified atom stereocenters. The van der Waals surface area contributed by atoms with Gasteiger partial charge in [-0.15, -0.1) is 0 Å². The minimum Gasteiger partial charge on any atom is -0.327 e. The van der Waals surface area contributed by atoms with E-state index < -0.39 is 0 Å². The molecule has 0 aliphatic heterocycles. The third kappa shape index (κ3) is 1.68. The fourth-order valence-electron chi connectivity index (χ4n) is 1.74. The van der Waals surface area contributed by atoms with Crippen molar-refractivity contribution in [3.8, 4) is 0 Å². The van der Waals surface area contributed by atoms with Crippen LogP contribution in [0.2, 0.25) is 0 Å². The molecule has 0 amide bonds. The van der Waals surface area contributed by atoms with Crippen molar-refractivity contribution < 1.29 is 0 Å². The largest absolute Gasteiger partial charge is 0.327 e. The summed E-state index contributed by atoms with van der Waals surface area (Å²) in [5, 5.41) is 0. The molecule has 1 fully saturated rings. The van der Waals surface area contributed by atoms with E-state index in [2.05, 4.69) is 6.92 Å². The Morgan fingerprint density at radius 2 is 2.00 bits per heavy atom. The summed E-state index contributed by atoms with van der Waals surface area (Å²) in [4.78, 5) is 0. The van der Waals surface area contributed by atoms with Crippen molar-refractivity contribution >= 4 is 0 Å². The van der Waals surface area contributed by atoms with Crippen LogP contribution in [0.25, 0.3) is 0 Å². The first-order chi connectivity index (χ1) is 4.34. The molecule has 1 heteroatoms. The Labute approximate surface area is 57.6 Å². The van der Waals surface area contributed by atoms with Crippen molar-refractivity contribution in [1.82, 2.24) is 0 Å². The van der Waals surface area contributed by atoms with Gasteiger partial charge in [0.2, 0.25) is 0 Å². The molecule has 1 nitrogen and oxygen atoms in total. The SMILES string of the molecule is CCC1CCCC[C@@H]1N. The van der Waals surface area contributed by atoms with E-state index in [4.69, 9.17) is 5.73 Å². The van der Waals surface area contributed by atoms with Crippen LogP contribution in [-0.4, -0.2) is 6.04 Å². The average molecular weight is 127 g/mol. The van der Waals surface area contributed by atoms with E-state index in [1.807, 2.05) is 0 Å². The van der Waals surface area contributed by atoms with E-state index in [9.17, 15) is 0 Å². The maximum absolute atomic E-state index is 5.89. The van der Waals surface area contributed by atoms with Crippen LogP contribution in [0.3, 0.4) is 0 Å². The Balaban J connectivity index is 2.30.